The molecule has 0 aromatic heterocycles. The summed E-state index contributed by atoms with van der Waals surface area (Å²) in [5, 5.41) is 0. The molecule has 0 bridgehead atoms. The molecular weight excluding hydrogens is 512 g/mol. The average Bonchev–Trinajstić information content (AvgIpc) is 3.35. The highest BCUT2D eigenvalue weighted by atomic mass is 16.5. The molecule has 1 saturated heterocycles. The van der Waals surface area contributed by atoms with E-state index < -0.39 is 0 Å². The van der Waals surface area contributed by atoms with Crippen molar-refractivity contribution in [3.05, 3.63) is 89.0 Å². The highest BCUT2D eigenvalue weighted by Crippen LogP contribution is 2.40. The molecule has 0 radical (unpaired) electrons. The highest BCUT2D eigenvalue weighted by Gasteiger charge is 2.36. The molecule has 2 heterocycles. The molecule has 1 atom stereocenters. The first-order valence-corrected chi connectivity index (χ1v) is 14.9. The zero-order valence-corrected chi connectivity index (χ0v) is 25.0. The molecule has 0 saturated carbocycles. The fourth-order valence-corrected chi connectivity index (χ4v) is 6.28. The van der Waals surface area contributed by atoms with Crippen molar-refractivity contribution in [3.63, 3.8) is 0 Å². The minimum atomic E-state index is -0.0652. The molecule has 1 amide bonds. The Hall–Kier alpha value is -3.55. The van der Waals surface area contributed by atoms with Crippen molar-refractivity contribution in [1.29, 1.82) is 0 Å². The number of carbonyl (C=O) groups excluding carboxylic acids is 1. The van der Waals surface area contributed by atoms with Crippen molar-refractivity contribution < 1.29 is 14.3 Å². The van der Waals surface area contributed by atoms with Crippen LogP contribution in [0.1, 0.15) is 52.9 Å². The molecular formula is C34H44N4O3. The Labute approximate surface area is 245 Å². The summed E-state index contributed by atoms with van der Waals surface area (Å²) in [4.78, 5) is 23.4. The Morgan fingerprint density at radius 3 is 2.37 bits per heavy atom. The SMILES string of the molecule is CCN1CCN(c2cccc3c2CN(C(CCCN(C)Cc2ccccc2)c2ccc(OC)c(OC)c2)C3=O)CC1. The zero-order valence-electron chi connectivity index (χ0n) is 25.0. The number of carbonyl (C=O) groups is 1. The number of nitrogens with zero attached hydrogens (tertiary/aromatic N) is 4. The number of anilines is 1. The normalized spacial score (nSPS) is 16.3. The Balaban J connectivity index is 1.37. The fourth-order valence-electron chi connectivity index (χ4n) is 6.28. The van der Waals surface area contributed by atoms with E-state index in [9.17, 15) is 4.79 Å². The molecule has 41 heavy (non-hydrogen) atoms. The van der Waals surface area contributed by atoms with Gasteiger partial charge in [0, 0.05) is 56.1 Å². The maximum absolute atomic E-state index is 14.0. The monoisotopic (exact) mass is 556 g/mol. The van der Waals surface area contributed by atoms with Crippen LogP contribution >= 0.6 is 0 Å². The third-order valence-corrected chi connectivity index (χ3v) is 8.61. The van der Waals surface area contributed by atoms with Crippen LogP contribution in [-0.2, 0) is 13.1 Å². The molecule has 0 spiro atoms. The summed E-state index contributed by atoms with van der Waals surface area (Å²) in [6, 6.07) is 22.8. The first-order chi connectivity index (χ1) is 20.0. The molecule has 2 aliphatic rings. The quantitative estimate of drug-likeness (QED) is 0.296. The van der Waals surface area contributed by atoms with Crippen LogP contribution in [0.15, 0.2) is 66.7 Å². The fraction of sp³-hybridized carbons (Fsp3) is 0.441. The summed E-state index contributed by atoms with van der Waals surface area (Å²) in [5.41, 5.74) is 5.60. The van der Waals surface area contributed by atoms with Crippen LogP contribution < -0.4 is 14.4 Å². The molecule has 7 nitrogen and oxygen atoms in total. The summed E-state index contributed by atoms with van der Waals surface area (Å²) < 4.78 is 11.2. The predicted molar refractivity (Wildman–Crippen MR) is 165 cm³/mol. The summed E-state index contributed by atoms with van der Waals surface area (Å²) in [6.45, 7) is 9.88. The van der Waals surface area contributed by atoms with Gasteiger partial charge in [-0.15, -0.1) is 0 Å². The van der Waals surface area contributed by atoms with Crippen molar-refractivity contribution in [2.75, 3.05) is 65.4 Å². The Kier molecular flexibility index (Phi) is 9.47. The van der Waals surface area contributed by atoms with Gasteiger partial charge in [0.05, 0.1) is 20.3 Å². The van der Waals surface area contributed by atoms with E-state index in [-0.39, 0.29) is 11.9 Å². The number of benzene rings is 3. The molecule has 218 valence electrons. The van der Waals surface area contributed by atoms with Crippen LogP contribution in [0.4, 0.5) is 5.69 Å². The van der Waals surface area contributed by atoms with Gasteiger partial charge in [0.25, 0.3) is 5.91 Å². The van der Waals surface area contributed by atoms with Crippen LogP contribution in [0.2, 0.25) is 0 Å². The molecule has 3 aromatic carbocycles. The lowest BCUT2D eigenvalue weighted by atomic mass is 9.99. The van der Waals surface area contributed by atoms with Crippen molar-refractivity contribution in [2.45, 2.75) is 38.9 Å². The van der Waals surface area contributed by atoms with Crippen molar-refractivity contribution >= 4 is 11.6 Å². The van der Waals surface area contributed by atoms with E-state index in [1.807, 2.05) is 24.3 Å². The zero-order chi connectivity index (χ0) is 28.8. The van der Waals surface area contributed by atoms with Gasteiger partial charge in [-0.05, 0) is 68.4 Å². The second kappa shape index (κ2) is 13.4. The molecule has 1 unspecified atom stereocenters. The van der Waals surface area contributed by atoms with E-state index in [0.29, 0.717) is 18.0 Å². The van der Waals surface area contributed by atoms with Gasteiger partial charge < -0.3 is 29.1 Å². The minimum Gasteiger partial charge on any atom is -0.493 e. The van der Waals surface area contributed by atoms with E-state index in [2.05, 4.69) is 76.0 Å². The largest absolute Gasteiger partial charge is 0.493 e. The summed E-state index contributed by atoms with van der Waals surface area (Å²) in [5.74, 6) is 1.50. The van der Waals surface area contributed by atoms with Crippen molar-refractivity contribution in [2.24, 2.45) is 0 Å². The predicted octanol–water partition coefficient (Wildman–Crippen LogP) is 5.46. The Bertz CT molecular complexity index is 1310. The molecule has 5 rings (SSSR count). The van der Waals surface area contributed by atoms with Crippen molar-refractivity contribution in [3.8, 4) is 11.5 Å². The number of methoxy groups -OCH3 is 2. The number of rotatable bonds is 12. The van der Waals surface area contributed by atoms with E-state index in [4.69, 9.17) is 9.47 Å². The lowest BCUT2D eigenvalue weighted by molar-refractivity contribution is 0.0686. The van der Waals surface area contributed by atoms with Crippen LogP contribution in [-0.4, -0.2) is 81.1 Å². The topological polar surface area (TPSA) is 48.5 Å². The Morgan fingerprint density at radius 2 is 1.66 bits per heavy atom. The van der Waals surface area contributed by atoms with E-state index in [0.717, 1.165) is 75.3 Å². The van der Waals surface area contributed by atoms with Gasteiger partial charge in [0.2, 0.25) is 0 Å². The van der Waals surface area contributed by atoms with Crippen LogP contribution in [0, 0.1) is 0 Å². The first kappa shape index (κ1) is 29.0. The summed E-state index contributed by atoms with van der Waals surface area (Å²) in [6.07, 6.45) is 1.83. The molecule has 1 fully saturated rings. The first-order valence-electron chi connectivity index (χ1n) is 14.9. The van der Waals surface area contributed by atoms with Gasteiger partial charge in [-0.2, -0.15) is 0 Å². The minimum absolute atomic E-state index is 0.0652. The molecule has 0 aliphatic carbocycles. The molecule has 3 aromatic rings. The van der Waals surface area contributed by atoms with Crippen LogP contribution in [0.5, 0.6) is 11.5 Å². The van der Waals surface area contributed by atoms with E-state index >= 15 is 0 Å². The van der Waals surface area contributed by atoms with Crippen molar-refractivity contribution in [1.82, 2.24) is 14.7 Å². The Morgan fingerprint density at radius 1 is 0.902 bits per heavy atom. The van der Waals surface area contributed by atoms with Gasteiger partial charge in [-0.1, -0.05) is 49.4 Å². The highest BCUT2D eigenvalue weighted by molar-refractivity contribution is 6.00. The van der Waals surface area contributed by atoms with Crippen LogP contribution in [0.3, 0.4) is 0 Å². The summed E-state index contributed by atoms with van der Waals surface area (Å²) >= 11 is 0. The van der Waals surface area contributed by atoms with E-state index in [1.54, 1.807) is 14.2 Å². The molecule has 0 N–H and O–H groups in total. The van der Waals surface area contributed by atoms with Crippen LogP contribution in [0.25, 0.3) is 0 Å². The standard InChI is InChI=1S/C34H44N4O3/c1-5-36-19-21-37(22-20-36)31-14-9-13-28-29(31)25-38(34(28)39)30(27-16-17-32(40-3)33(23-27)41-4)15-10-18-35(2)24-26-11-7-6-8-12-26/h6-9,11-14,16-17,23,30H,5,10,15,18-22,24-25H2,1-4H3. The maximum Gasteiger partial charge on any atom is 0.255 e. The lowest BCUT2D eigenvalue weighted by Gasteiger charge is -2.36. The maximum atomic E-state index is 14.0. The number of hydrogen-bond acceptors (Lipinski definition) is 6. The van der Waals surface area contributed by atoms with Gasteiger partial charge in [-0.3, -0.25) is 4.79 Å². The van der Waals surface area contributed by atoms with Gasteiger partial charge >= 0.3 is 0 Å². The number of likely N-dealkylation sites (N-methyl/N-ethyl adjacent to an activating group) is 1. The third-order valence-electron chi connectivity index (χ3n) is 8.61. The van der Waals surface area contributed by atoms with Gasteiger partial charge in [0.15, 0.2) is 11.5 Å². The third kappa shape index (κ3) is 6.52. The average molecular weight is 557 g/mol. The molecule has 7 heteroatoms. The van der Waals surface area contributed by atoms with E-state index in [1.165, 1.54) is 11.3 Å². The number of ether oxygens (including phenoxy) is 2. The lowest BCUT2D eigenvalue weighted by Crippen LogP contribution is -2.46. The van der Waals surface area contributed by atoms with Gasteiger partial charge in [0.1, 0.15) is 0 Å². The second-order valence-electron chi connectivity index (χ2n) is 11.2. The number of hydrogen-bond donors (Lipinski definition) is 0. The molecule has 2 aliphatic heterocycles. The number of amides is 1. The summed E-state index contributed by atoms with van der Waals surface area (Å²) in [7, 11) is 5.48. The second-order valence-corrected chi connectivity index (χ2v) is 11.2. The number of piperazine rings is 1. The number of fused-ring (bicyclic) bond motifs is 1. The smallest absolute Gasteiger partial charge is 0.255 e. The van der Waals surface area contributed by atoms with Gasteiger partial charge in [-0.25, -0.2) is 0 Å².